The van der Waals surface area contributed by atoms with Gasteiger partial charge in [-0.1, -0.05) is 0 Å². The highest BCUT2D eigenvalue weighted by Crippen LogP contribution is 2.27. The Morgan fingerprint density at radius 1 is 1.32 bits per heavy atom. The molecule has 1 amide bonds. The molecule has 1 saturated heterocycles. The number of piperidine rings is 1. The van der Waals surface area contributed by atoms with Crippen LogP contribution in [0.4, 0.5) is 5.82 Å². The fraction of sp³-hybridized carbons (Fsp3) is 0.444. The number of hydrogen-bond acceptors (Lipinski definition) is 5. The summed E-state index contributed by atoms with van der Waals surface area (Å²) in [7, 11) is 0. The molecule has 3 N–H and O–H groups in total. The molecule has 2 aromatic heterocycles. The van der Waals surface area contributed by atoms with Crippen molar-refractivity contribution in [3.05, 3.63) is 39.9 Å². The van der Waals surface area contributed by atoms with Gasteiger partial charge in [-0.2, -0.15) is 0 Å². The van der Waals surface area contributed by atoms with Crippen LogP contribution in [0.2, 0.25) is 0 Å². The largest absolute Gasteiger partial charge is 0.369 e. The van der Waals surface area contributed by atoms with Crippen LogP contribution in [0.15, 0.2) is 23.1 Å². The molecule has 1 aliphatic rings. The first-order chi connectivity index (χ1) is 11.9. The number of carbonyl (C=O) groups excluding carboxylic acids is 1. The van der Waals surface area contributed by atoms with E-state index < -0.39 is 0 Å². The van der Waals surface area contributed by atoms with E-state index in [4.69, 9.17) is 5.73 Å². The number of primary amides is 1. The molecule has 0 aliphatic carbocycles. The number of hydrogen-bond donors (Lipinski definition) is 2. The summed E-state index contributed by atoms with van der Waals surface area (Å²) in [5, 5.41) is 0. The van der Waals surface area contributed by atoms with Crippen LogP contribution in [0.3, 0.4) is 0 Å². The summed E-state index contributed by atoms with van der Waals surface area (Å²) in [6.45, 7) is 6.27. The Labute approximate surface area is 146 Å². The fourth-order valence-corrected chi connectivity index (χ4v) is 3.14. The number of rotatable bonds is 3. The molecule has 7 nitrogen and oxygen atoms in total. The smallest absolute Gasteiger partial charge is 0.254 e. The molecule has 2 atom stereocenters. The number of anilines is 1. The molecule has 1 aliphatic heterocycles. The fourth-order valence-electron chi connectivity index (χ4n) is 3.14. The molecule has 7 heteroatoms. The van der Waals surface area contributed by atoms with E-state index in [9.17, 15) is 9.59 Å². The number of nitrogens with one attached hydrogen (secondary N) is 1. The first kappa shape index (κ1) is 17.1. The molecule has 0 saturated carbocycles. The number of pyridine rings is 1. The third-order valence-corrected chi connectivity index (χ3v) is 4.99. The van der Waals surface area contributed by atoms with Crippen molar-refractivity contribution in [1.29, 1.82) is 0 Å². The van der Waals surface area contributed by atoms with E-state index in [-0.39, 0.29) is 17.4 Å². The molecule has 0 radical (unpaired) electrons. The van der Waals surface area contributed by atoms with Crippen molar-refractivity contribution in [1.82, 2.24) is 15.0 Å². The first-order valence-corrected chi connectivity index (χ1v) is 8.46. The highest BCUT2D eigenvalue weighted by atomic mass is 16.1. The monoisotopic (exact) mass is 341 g/mol. The standard InChI is InChI=1S/C18H23N5O2/c1-10-4-5-14(16(19)24)9-23(10)15-7-6-13(8-20-15)17-21-12(3)11(2)18(25)22-17/h6-8,10,14H,4-5,9H2,1-3H3,(H2,19,24)(H,21,22,25)/t10-,14-/m1/s1. The van der Waals surface area contributed by atoms with Crippen molar-refractivity contribution in [2.24, 2.45) is 11.7 Å². The molecule has 0 bridgehead atoms. The van der Waals surface area contributed by atoms with Gasteiger partial charge in [0.1, 0.15) is 11.6 Å². The molecular weight excluding hydrogens is 318 g/mol. The van der Waals surface area contributed by atoms with Gasteiger partial charge in [0.2, 0.25) is 5.91 Å². The van der Waals surface area contributed by atoms with Crippen molar-refractivity contribution in [3.63, 3.8) is 0 Å². The van der Waals surface area contributed by atoms with E-state index in [0.29, 0.717) is 29.7 Å². The molecular formula is C18H23N5O2. The molecule has 0 aromatic carbocycles. The van der Waals surface area contributed by atoms with Crippen LogP contribution in [-0.2, 0) is 4.79 Å². The lowest BCUT2D eigenvalue weighted by atomic mass is 9.93. The van der Waals surface area contributed by atoms with Crippen LogP contribution in [0, 0.1) is 19.8 Å². The van der Waals surface area contributed by atoms with E-state index >= 15 is 0 Å². The topological polar surface area (TPSA) is 105 Å². The zero-order chi connectivity index (χ0) is 18.1. The SMILES string of the molecule is Cc1nc(-c2ccc(N3C[C@H](C(N)=O)CC[C@H]3C)nc2)[nH]c(=O)c1C. The van der Waals surface area contributed by atoms with Gasteiger partial charge in [-0.15, -0.1) is 0 Å². The van der Waals surface area contributed by atoms with Gasteiger partial charge in [-0.25, -0.2) is 9.97 Å². The van der Waals surface area contributed by atoms with E-state index in [2.05, 4.69) is 26.8 Å². The summed E-state index contributed by atoms with van der Waals surface area (Å²) >= 11 is 0. The number of amides is 1. The zero-order valence-electron chi connectivity index (χ0n) is 14.7. The van der Waals surface area contributed by atoms with Crippen molar-refractivity contribution < 1.29 is 4.79 Å². The highest BCUT2D eigenvalue weighted by Gasteiger charge is 2.29. The lowest BCUT2D eigenvalue weighted by Crippen LogP contribution is -2.46. The molecule has 3 heterocycles. The third-order valence-electron chi connectivity index (χ3n) is 4.99. The summed E-state index contributed by atoms with van der Waals surface area (Å²) in [6.07, 6.45) is 3.42. The Morgan fingerprint density at radius 2 is 2.08 bits per heavy atom. The maximum atomic E-state index is 11.9. The van der Waals surface area contributed by atoms with E-state index in [1.54, 1.807) is 13.1 Å². The molecule has 3 rings (SSSR count). The van der Waals surface area contributed by atoms with E-state index in [0.717, 1.165) is 24.2 Å². The van der Waals surface area contributed by atoms with Gasteiger partial charge in [-0.05, 0) is 45.7 Å². The maximum Gasteiger partial charge on any atom is 0.254 e. The lowest BCUT2D eigenvalue weighted by Gasteiger charge is -2.37. The van der Waals surface area contributed by atoms with Gasteiger partial charge < -0.3 is 15.6 Å². The number of H-pyrrole nitrogens is 1. The predicted molar refractivity (Wildman–Crippen MR) is 96.3 cm³/mol. The van der Waals surface area contributed by atoms with Gasteiger partial charge in [-0.3, -0.25) is 9.59 Å². The Hall–Kier alpha value is -2.70. The predicted octanol–water partition coefficient (Wildman–Crippen LogP) is 1.54. The molecule has 25 heavy (non-hydrogen) atoms. The molecule has 0 unspecified atom stereocenters. The van der Waals surface area contributed by atoms with E-state index in [1.165, 1.54) is 0 Å². The second kappa shape index (κ2) is 6.66. The minimum Gasteiger partial charge on any atom is -0.369 e. The Bertz CT molecular complexity index is 844. The van der Waals surface area contributed by atoms with Crippen molar-refractivity contribution in [2.75, 3.05) is 11.4 Å². The normalized spacial score (nSPS) is 20.5. The van der Waals surface area contributed by atoms with Crippen molar-refractivity contribution in [3.8, 4) is 11.4 Å². The van der Waals surface area contributed by atoms with E-state index in [1.807, 2.05) is 19.1 Å². The van der Waals surface area contributed by atoms with Gasteiger partial charge >= 0.3 is 0 Å². The minimum absolute atomic E-state index is 0.138. The highest BCUT2D eigenvalue weighted by molar-refractivity contribution is 5.77. The number of nitrogens with two attached hydrogens (primary N) is 1. The third kappa shape index (κ3) is 3.40. The molecule has 2 aromatic rings. The first-order valence-electron chi connectivity index (χ1n) is 8.46. The Morgan fingerprint density at radius 3 is 2.68 bits per heavy atom. The second-order valence-corrected chi connectivity index (χ2v) is 6.71. The Kier molecular flexibility index (Phi) is 4.57. The van der Waals surface area contributed by atoms with Gasteiger partial charge in [0, 0.05) is 35.6 Å². The quantitative estimate of drug-likeness (QED) is 0.881. The Balaban J connectivity index is 1.87. The van der Waals surface area contributed by atoms with Crippen LogP contribution in [-0.4, -0.2) is 33.4 Å². The van der Waals surface area contributed by atoms with Crippen molar-refractivity contribution in [2.45, 2.75) is 39.7 Å². The second-order valence-electron chi connectivity index (χ2n) is 6.71. The summed E-state index contributed by atoms with van der Waals surface area (Å²) in [5.41, 5.74) is 7.40. The van der Waals surface area contributed by atoms with Crippen LogP contribution < -0.4 is 16.2 Å². The number of aryl methyl sites for hydroxylation is 1. The van der Waals surface area contributed by atoms with Crippen LogP contribution in [0.1, 0.15) is 31.0 Å². The summed E-state index contributed by atoms with van der Waals surface area (Å²) in [4.78, 5) is 37.3. The number of aromatic nitrogens is 3. The zero-order valence-corrected chi connectivity index (χ0v) is 14.7. The molecule has 132 valence electrons. The summed E-state index contributed by atoms with van der Waals surface area (Å²) in [5.74, 6) is 0.906. The minimum atomic E-state index is -0.259. The number of carbonyl (C=O) groups is 1. The van der Waals surface area contributed by atoms with Gasteiger partial charge in [0.05, 0.1) is 5.92 Å². The van der Waals surface area contributed by atoms with Crippen LogP contribution >= 0.6 is 0 Å². The molecule has 0 spiro atoms. The summed E-state index contributed by atoms with van der Waals surface area (Å²) in [6, 6.07) is 4.08. The van der Waals surface area contributed by atoms with Gasteiger partial charge in [0.15, 0.2) is 0 Å². The van der Waals surface area contributed by atoms with Crippen LogP contribution in [0.5, 0.6) is 0 Å². The number of aromatic amines is 1. The lowest BCUT2D eigenvalue weighted by molar-refractivity contribution is -0.122. The van der Waals surface area contributed by atoms with Crippen LogP contribution in [0.25, 0.3) is 11.4 Å². The average molecular weight is 341 g/mol. The van der Waals surface area contributed by atoms with Crippen molar-refractivity contribution >= 4 is 11.7 Å². The van der Waals surface area contributed by atoms with Gasteiger partial charge in [0.25, 0.3) is 5.56 Å². The molecule has 1 fully saturated rings. The maximum absolute atomic E-state index is 11.9. The number of nitrogens with zero attached hydrogens (tertiary/aromatic N) is 3. The average Bonchev–Trinajstić information content (AvgIpc) is 2.59. The summed E-state index contributed by atoms with van der Waals surface area (Å²) < 4.78 is 0.